The minimum atomic E-state index is -0.703. The molecule has 1 aromatic heterocycles. The molecule has 0 radical (unpaired) electrons. The Labute approximate surface area is 162 Å². The van der Waals surface area contributed by atoms with Gasteiger partial charge in [0, 0.05) is 24.5 Å². The molecule has 0 spiro atoms. The van der Waals surface area contributed by atoms with Gasteiger partial charge in [0.25, 0.3) is 5.91 Å². The number of nitrogens with zero attached hydrogens (tertiary/aromatic N) is 3. The molecule has 1 amide bonds. The molecular weight excluding hydrogens is 364 g/mol. The van der Waals surface area contributed by atoms with Crippen LogP contribution in [0.25, 0.3) is 10.9 Å². The molecule has 2 rings (SSSR count). The molecule has 0 saturated carbocycles. The molecule has 1 N–H and O–H groups in total. The first-order valence-corrected chi connectivity index (χ1v) is 8.47. The van der Waals surface area contributed by atoms with E-state index in [2.05, 4.69) is 4.98 Å². The number of carbonyl (C=O) groups is 2. The zero-order valence-corrected chi connectivity index (χ0v) is 15.7. The summed E-state index contributed by atoms with van der Waals surface area (Å²) in [6, 6.07) is 8.89. The minimum Gasteiger partial charge on any atom is -0.497 e. The second-order valence-corrected chi connectivity index (χ2v) is 5.75. The van der Waals surface area contributed by atoms with Gasteiger partial charge in [-0.3, -0.25) is 4.79 Å². The normalized spacial score (nSPS) is 10.0. The summed E-state index contributed by atoms with van der Waals surface area (Å²) in [6.07, 6.45) is 0.267. The van der Waals surface area contributed by atoms with Crippen molar-refractivity contribution in [1.82, 2.24) is 9.88 Å². The fraction of sp³-hybridized carbons (Fsp3) is 0.368. The third-order valence-corrected chi connectivity index (χ3v) is 4.01. The average molecular weight is 384 g/mol. The number of carbonyl (C=O) groups excluding carboxylic acids is 2. The smallest absolute Gasteiger partial charge is 0.355 e. The zero-order chi connectivity index (χ0) is 20.5. The SMILES string of the molecule is COc1cc(OC)c2[nH]c(C(=O)OCC(=O)N(CCC#N)CCC#N)cc2c1. The van der Waals surface area contributed by atoms with Crippen LogP contribution >= 0.6 is 0 Å². The quantitative estimate of drug-likeness (QED) is 0.655. The van der Waals surface area contributed by atoms with E-state index in [-0.39, 0.29) is 31.6 Å². The predicted molar refractivity (Wildman–Crippen MR) is 98.7 cm³/mol. The Morgan fingerprint density at radius 3 is 2.32 bits per heavy atom. The molecule has 0 unspecified atom stereocenters. The lowest BCUT2D eigenvalue weighted by molar-refractivity contribution is -0.134. The van der Waals surface area contributed by atoms with Crippen molar-refractivity contribution < 1.29 is 23.8 Å². The third kappa shape index (κ3) is 4.92. The summed E-state index contributed by atoms with van der Waals surface area (Å²) in [5, 5.41) is 18.0. The van der Waals surface area contributed by atoms with Gasteiger partial charge in [-0.2, -0.15) is 10.5 Å². The number of rotatable bonds is 9. The Hall–Kier alpha value is -3.72. The van der Waals surface area contributed by atoms with Crippen LogP contribution in [0.4, 0.5) is 0 Å². The van der Waals surface area contributed by atoms with Crippen LogP contribution in [0.1, 0.15) is 23.3 Å². The minimum absolute atomic E-state index is 0.134. The number of ether oxygens (including phenoxy) is 3. The molecule has 2 aromatic rings. The lowest BCUT2D eigenvalue weighted by Gasteiger charge is -2.19. The number of esters is 1. The van der Waals surface area contributed by atoms with E-state index < -0.39 is 18.5 Å². The van der Waals surface area contributed by atoms with Crippen molar-refractivity contribution in [2.75, 3.05) is 33.9 Å². The maximum Gasteiger partial charge on any atom is 0.355 e. The molecule has 9 heteroatoms. The number of nitrogens with one attached hydrogen (secondary N) is 1. The van der Waals surface area contributed by atoms with E-state index in [4.69, 9.17) is 24.7 Å². The molecule has 1 heterocycles. The van der Waals surface area contributed by atoms with E-state index in [1.165, 1.54) is 19.1 Å². The third-order valence-electron chi connectivity index (χ3n) is 4.01. The summed E-state index contributed by atoms with van der Waals surface area (Å²) in [7, 11) is 3.03. The fourth-order valence-corrected chi connectivity index (χ4v) is 2.60. The van der Waals surface area contributed by atoms with E-state index in [9.17, 15) is 9.59 Å². The fourth-order valence-electron chi connectivity index (χ4n) is 2.60. The van der Waals surface area contributed by atoms with E-state index >= 15 is 0 Å². The molecule has 0 aliphatic rings. The highest BCUT2D eigenvalue weighted by atomic mass is 16.5. The van der Waals surface area contributed by atoms with Crippen LogP contribution in [0.15, 0.2) is 18.2 Å². The highest BCUT2D eigenvalue weighted by Gasteiger charge is 2.18. The van der Waals surface area contributed by atoms with Crippen LogP contribution in [-0.2, 0) is 9.53 Å². The number of H-pyrrole nitrogens is 1. The van der Waals surface area contributed by atoms with E-state index in [0.29, 0.717) is 22.4 Å². The first kappa shape index (κ1) is 20.6. The second-order valence-electron chi connectivity index (χ2n) is 5.75. The van der Waals surface area contributed by atoms with Crippen molar-refractivity contribution in [1.29, 1.82) is 10.5 Å². The molecule has 0 bridgehead atoms. The van der Waals surface area contributed by atoms with Crippen LogP contribution in [-0.4, -0.2) is 55.7 Å². The highest BCUT2D eigenvalue weighted by molar-refractivity contribution is 5.98. The van der Waals surface area contributed by atoms with E-state index in [1.54, 1.807) is 18.2 Å². The van der Waals surface area contributed by atoms with Crippen LogP contribution < -0.4 is 9.47 Å². The Balaban J connectivity index is 2.08. The van der Waals surface area contributed by atoms with Crippen molar-refractivity contribution in [3.05, 3.63) is 23.9 Å². The molecule has 28 heavy (non-hydrogen) atoms. The molecule has 0 atom stereocenters. The van der Waals surface area contributed by atoms with Crippen molar-refractivity contribution in [2.24, 2.45) is 0 Å². The zero-order valence-electron chi connectivity index (χ0n) is 15.7. The van der Waals surface area contributed by atoms with Gasteiger partial charge in [0.1, 0.15) is 17.2 Å². The van der Waals surface area contributed by atoms with Gasteiger partial charge < -0.3 is 24.1 Å². The Morgan fingerprint density at radius 2 is 1.75 bits per heavy atom. The number of hydrogen-bond donors (Lipinski definition) is 1. The van der Waals surface area contributed by atoms with Crippen LogP contribution in [0.3, 0.4) is 0 Å². The number of benzene rings is 1. The number of nitriles is 2. The first-order chi connectivity index (χ1) is 13.5. The summed E-state index contributed by atoms with van der Waals surface area (Å²) >= 11 is 0. The van der Waals surface area contributed by atoms with Gasteiger partial charge in [-0.1, -0.05) is 0 Å². The lowest BCUT2D eigenvalue weighted by atomic mass is 10.2. The summed E-state index contributed by atoms with van der Waals surface area (Å²) in [5.41, 5.74) is 0.765. The number of fused-ring (bicyclic) bond motifs is 1. The van der Waals surface area contributed by atoms with Crippen molar-refractivity contribution in [2.45, 2.75) is 12.8 Å². The van der Waals surface area contributed by atoms with Gasteiger partial charge in [-0.15, -0.1) is 0 Å². The Morgan fingerprint density at radius 1 is 1.07 bits per heavy atom. The van der Waals surface area contributed by atoms with E-state index in [0.717, 1.165) is 0 Å². The van der Waals surface area contributed by atoms with Gasteiger partial charge in [-0.25, -0.2) is 4.79 Å². The molecular formula is C19H20N4O5. The Bertz CT molecular complexity index is 920. The van der Waals surface area contributed by atoms with Crippen molar-refractivity contribution >= 4 is 22.8 Å². The number of aromatic nitrogens is 1. The van der Waals surface area contributed by atoms with Crippen molar-refractivity contribution in [3.63, 3.8) is 0 Å². The maximum absolute atomic E-state index is 12.3. The van der Waals surface area contributed by atoms with Crippen molar-refractivity contribution in [3.8, 4) is 23.6 Å². The average Bonchev–Trinajstić information content (AvgIpc) is 3.15. The van der Waals surface area contributed by atoms with Gasteiger partial charge >= 0.3 is 5.97 Å². The topological polar surface area (TPSA) is 128 Å². The summed E-state index contributed by atoms with van der Waals surface area (Å²) in [4.78, 5) is 28.8. The standard InChI is InChI=1S/C19H20N4O5/c1-26-14-9-13-10-15(22-18(13)16(11-14)27-2)19(25)28-12-17(24)23(7-3-5-20)8-4-6-21/h9-11,22H,3-4,7-8,12H2,1-2H3. The largest absolute Gasteiger partial charge is 0.497 e. The number of hydrogen-bond acceptors (Lipinski definition) is 7. The van der Waals surface area contributed by atoms with E-state index in [1.807, 2.05) is 12.1 Å². The van der Waals surface area contributed by atoms with Crippen LogP contribution in [0.5, 0.6) is 11.5 Å². The van der Waals surface area contributed by atoms with Gasteiger partial charge in [0.05, 0.1) is 44.7 Å². The molecule has 0 fully saturated rings. The van der Waals surface area contributed by atoms with Crippen LogP contribution in [0, 0.1) is 22.7 Å². The Kier molecular flexibility index (Phi) is 7.23. The number of amides is 1. The summed E-state index contributed by atoms with van der Waals surface area (Å²) in [6.45, 7) is -0.124. The van der Waals surface area contributed by atoms with Gasteiger partial charge in [0.15, 0.2) is 6.61 Å². The monoisotopic (exact) mass is 384 g/mol. The lowest BCUT2D eigenvalue weighted by Crippen LogP contribution is -2.36. The molecule has 0 aliphatic heterocycles. The molecule has 0 aliphatic carbocycles. The highest BCUT2D eigenvalue weighted by Crippen LogP contribution is 2.31. The van der Waals surface area contributed by atoms with Crippen LogP contribution in [0.2, 0.25) is 0 Å². The molecule has 1 aromatic carbocycles. The van der Waals surface area contributed by atoms with Gasteiger partial charge in [-0.05, 0) is 12.1 Å². The second kappa shape index (κ2) is 9.83. The predicted octanol–water partition coefficient (Wildman–Crippen LogP) is 2.00. The maximum atomic E-state index is 12.3. The van der Waals surface area contributed by atoms with Gasteiger partial charge in [0.2, 0.25) is 0 Å². The summed E-state index contributed by atoms with van der Waals surface area (Å²) < 4.78 is 15.6. The molecule has 0 saturated heterocycles. The number of methoxy groups -OCH3 is 2. The number of aromatic amines is 1. The first-order valence-electron chi connectivity index (χ1n) is 8.47. The molecule has 9 nitrogen and oxygen atoms in total. The molecule has 146 valence electrons. The summed E-state index contributed by atoms with van der Waals surface area (Å²) in [5.74, 6) is -0.0898.